The predicted molar refractivity (Wildman–Crippen MR) is 176 cm³/mol. The van der Waals surface area contributed by atoms with Crippen molar-refractivity contribution in [1.82, 2.24) is 0 Å². The van der Waals surface area contributed by atoms with Crippen LogP contribution in [-0.2, 0) is 47.1 Å². The number of benzene rings is 2. The van der Waals surface area contributed by atoms with Crippen LogP contribution in [0.15, 0.2) is 97.1 Å². The molecule has 0 saturated heterocycles. The quantitative estimate of drug-likeness (QED) is 0.323. The van der Waals surface area contributed by atoms with Gasteiger partial charge in [-0.05, 0) is 22.3 Å². The van der Waals surface area contributed by atoms with Gasteiger partial charge < -0.3 is 76.8 Å². The first kappa shape index (κ1) is 60.1. The first-order valence-corrected chi connectivity index (χ1v) is 16.6. The van der Waals surface area contributed by atoms with E-state index in [9.17, 15) is 0 Å². The molecule has 2 unspecified atom stereocenters. The molecular formula is C35H45Cl4Zr2-9. The summed E-state index contributed by atoms with van der Waals surface area (Å²) in [6, 6.07) is 17.4. The minimum absolute atomic E-state index is 0. The summed E-state index contributed by atoms with van der Waals surface area (Å²) in [6.45, 7) is 0. The Balaban J connectivity index is -0.0000000684. The molecule has 0 fully saturated rings. The second-order valence-electron chi connectivity index (χ2n) is 7.11. The maximum Gasteiger partial charge on any atom is 2.00 e. The van der Waals surface area contributed by atoms with E-state index in [1.54, 1.807) is 0 Å². The van der Waals surface area contributed by atoms with Crippen LogP contribution in [-0.4, -0.2) is 0 Å². The van der Waals surface area contributed by atoms with Crippen LogP contribution < -0.4 is 24.8 Å². The summed E-state index contributed by atoms with van der Waals surface area (Å²) in [4.78, 5) is 0. The molecule has 2 aromatic carbocycles. The number of allylic oxidation sites excluding steroid dienone is 10. The van der Waals surface area contributed by atoms with Gasteiger partial charge >= 0.3 is 64.1 Å². The van der Waals surface area contributed by atoms with E-state index in [4.69, 9.17) is 17.0 Å². The molecule has 2 aromatic rings. The fourth-order valence-electron chi connectivity index (χ4n) is 3.86. The van der Waals surface area contributed by atoms with Crippen LogP contribution in [0.5, 0.6) is 0 Å². The fourth-order valence-corrected chi connectivity index (χ4v) is 3.86. The zero-order valence-electron chi connectivity index (χ0n) is 25.5. The van der Waals surface area contributed by atoms with E-state index in [0.717, 1.165) is 12.8 Å². The number of fused-ring (bicyclic) bond motifs is 2. The van der Waals surface area contributed by atoms with Gasteiger partial charge in [0.05, 0.1) is 0 Å². The topological polar surface area (TPSA) is 0 Å². The van der Waals surface area contributed by atoms with Crippen LogP contribution in [0.4, 0.5) is 0 Å². The molecule has 0 nitrogen and oxygen atoms in total. The third-order valence-corrected chi connectivity index (χ3v) is 5.24. The number of halogens is 4. The Morgan fingerprint density at radius 1 is 0.585 bits per heavy atom. The van der Waals surface area contributed by atoms with Crippen molar-refractivity contribution in [2.75, 3.05) is 0 Å². The summed E-state index contributed by atoms with van der Waals surface area (Å²) in [5.74, 6) is 1.00. The maximum atomic E-state index is 4.93. The van der Waals surface area contributed by atoms with Crippen molar-refractivity contribution in [2.24, 2.45) is 0 Å². The molecule has 6 heteroatoms. The standard InChI is InChI=1S/C18H14.2C5H5.7CH3.4ClH.2Zr/c1-3-7-15-13(5-1)9-11-17(15)18-12-10-14-6-2-4-8-16(14)18;2*1-2-4-5-3-1;;;;;;;;;;;;;/h1-12,17-18H;2*1-3H,4H2;7*1H3;4*1H;;/q;9*-1;;;;;2*+2/p-4. The van der Waals surface area contributed by atoms with E-state index < -0.39 is 20.8 Å². The normalized spacial score (nSPS) is 14.8. The van der Waals surface area contributed by atoms with Gasteiger partial charge in [-0.15, -0.1) is 12.8 Å². The van der Waals surface area contributed by atoms with Gasteiger partial charge in [-0.2, -0.15) is 12.2 Å². The summed E-state index contributed by atoms with van der Waals surface area (Å²) in [5.41, 5.74) is 5.67. The molecule has 0 aromatic heterocycles. The van der Waals surface area contributed by atoms with Crippen molar-refractivity contribution in [3.8, 4) is 0 Å². The third-order valence-electron chi connectivity index (χ3n) is 5.24. The van der Waals surface area contributed by atoms with E-state index in [2.05, 4.69) is 97.1 Å². The van der Waals surface area contributed by atoms with Gasteiger partial charge in [0.25, 0.3) is 0 Å². The largest absolute Gasteiger partial charge is 2.00 e. The van der Waals surface area contributed by atoms with Crippen molar-refractivity contribution in [3.05, 3.63) is 184 Å². The molecule has 0 saturated carbocycles. The SMILES string of the molecule is C1=CC(C2C=Cc3ccccc32)c2ccccc21.[C-]1=CC=CC1.[C-]1=CC=CC1.[CH3-].[CH3-].[CH3-].[CH3-].[CH3-].[CH3-].[CH3-].[Cl-].[Cl-].[Cl][Zr][Cl].[Zr+2]. The van der Waals surface area contributed by atoms with Gasteiger partial charge in [0.15, 0.2) is 0 Å². The van der Waals surface area contributed by atoms with E-state index in [1.807, 2.05) is 24.3 Å². The van der Waals surface area contributed by atoms with Crippen molar-refractivity contribution in [2.45, 2.75) is 24.7 Å². The van der Waals surface area contributed by atoms with Gasteiger partial charge in [0, 0.05) is 11.8 Å². The molecule has 230 valence electrons. The summed E-state index contributed by atoms with van der Waals surface area (Å²) in [7, 11) is 9.87. The Labute approximate surface area is 306 Å². The maximum absolute atomic E-state index is 4.93. The summed E-state index contributed by atoms with van der Waals surface area (Å²) >= 11 is -0.826. The van der Waals surface area contributed by atoms with Crippen LogP contribution in [0.2, 0.25) is 0 Å². The predicted octanol–water partition coefficient (Wildman–Crippen LogP) is 5.75. The smallest absolute Gasteiger partial charge is 2.00 e. The van der Waals surface area contributed by atoms with Gasteiger partial charge in [-0.3, -0.25) is 12.2 Å². The Hall–Kier alpha value is -0.194. The molecule has 0 spiro atoms. The first-order valence-electron chi connectivity index (χ1n) is 10.3. The average molecular weight is 790 g/mol. The zero-order valence-corrected chi connectivity index (χ0v) is 33.4. The molecule has 0 radical (unpaired) electrons. The van der Waals surface area contributed by atoms with E-state index >= 15 is 0 Å². The molecule has 6 rings (SSSR count). The fraction of sp³-hybridized carbons (Fsp3) is 0.114. The van der Waals surface area contributed by atoms with Gasteiger partial charge in [-0.1, -0.05) is 72.8 Å². The summed E-state index contributed by atoms with van der Waals surface area (Å²) < 4.78 is 0. The van der Waals surface area contributed by atoms with Crippen LogP contribution in [0, 0.1) is 64.1 Å². The molecule has 2 atom stereocenters. The van der Waals surface area contributed by atoms with Gasteiger partial charge in [0.2, 0.25) is 0 Å². The number of hydrogen-bond acceptors (Lipinski definition) is 0. The first-order chi connectivity index (χ1) is 15.3. The van der Waals surface area contributed by atoms with E-state index in [0.29, 0.717) is 11.8 Å². The minimum atomic E-state index is -0.826. The molecular weight excluding hydrogens is 745 g/mol. The Bertz CT molecular complexity index is 923. The van der Waals surface area contributed by atoms with Gasteiger partial charge in [-0.25, -0.2) is 24.3 Å². The number of hydrogen-bond donors (Lipinski definition) is 0. The molecule has 0 aliphatic heterocycles. The van der Waals surface area contributed by atoms with Gasteiger partial charge in [0.1, 0.15) is 0 Å². The number of rotatable bonds is 1. The third kappa shape index (κ3) is 19.7. The average Bonchev–Trinajstić information content (AvgIpc) is 3.62. The molecule has 0 N–H and O–H groups in total. The molecule has 0 amide bonds. The van der Waals surface area contributed by atoms with Crippen LogP contribution in [0.3, 0.4) is 0 Å². The van der Waals surface area contributed by atoms with Crippen molar-refractivity contribution in [3.63, 3.8) is 0 Å². The molecule has 0 heterocycles. The Kier molecular flexibility index (Phi) is 52.8. The van der Waals surface area contributed by atoms with E-state index in [-0.39, 0.29) is 103 Å². The van der Waals surface area contributed by atoms with Crippen LogP contribution in [0.1, 0.15) is 46.9 Å². The zero-order chi connectivity index (χ0) is 21.7. The molecule has 4 aliphatic rings. The van der Waals surface area contributed by atoms with Crippen molar-refractivity contribution >= 4 is 29.2 Å². The molecule has 41 heavy (non-hydrogen) atoms. The monoisotopic (exact) mass is 785 g/mol. The van der Waals surface area contributed by atoms with E-state index in [1.165, 1.54) is 22.3 Å². The molecule has 0 bridgehead atoms. The van der Waals surface area contributed by atoms with Crippen LogP contribution >= 0.6 is 17.0 Å². The second kappa shape index (κ2) is 36.0. The van der Waals surface area contributed by atoms with Crippen molar-refractivity contribution in [1.29, 1.82) is 0 Å². The Morgan fingerprint density at radius 3 is 1.15 bits per heavy atom. The Morgan fingerprint density at radius 2 is 0.902 bits per heavy atom. The minimum Gasteiger partial charge on any atom is 2.00 e. The summed E-state index contributed by atoms with van der Waals surface area (Å²) in [5, 5.41) is 0. The van der Waals surface area contributed by atoms with Crippen LogP contribution in [0.25, 0.3) is 12.2 Å². The second-order valence-corrected chi connectivity index (χ2v) is 10.8. The molecule has 4 aliphatic carbocycles. The van der Waals surface area contributed by atoms with Crippen molar-refractivity contribution < 1.29 is 71.9 Å². The summed E-state index contributed by atoms with van der Waals surface area (Å²) in [6.07, 6.45) is 29.2.